The SMILES string of the molecule is CCN=S(=O)(Cc1ccc(F)c(Cl)c1)CC1CCC(N(C)c2ncnc3[nH]ccc23)CC1. The first-order valence-electron chi connectivity index (χ1n) is 11.0. The van der Waals surface area contributed by atoms with Gasteiger partial charge in [0.2, 0.25) is 0 Å². The summed E-state index contributed by atoms with van der Waals surface area (Å²) in [6.45, 7) is 2.42. The van der Waals surface area contributed by atoms with Crippen molar-refractivity contribution in [1.82, 2.24) is 15.0 Å². The monoisotopic (exact) mass is 477 g/mol. The minimum absolute atomic E-state index is 0.0607. The van der Waals surface area contributed by atoms with Gasteiger partial charge in [0, 0.05) is 31.6 Å². The van der Waals surface area contributed by atoms with E-state index < -0.39 is 15.5 Å². The van der Waals surface area contributed by atoms with Crippen LogP contribution in [0.25, 0.3) is 11.0 Å². The Kier molecular flexibility index (Phi) is 7.00. The van der Waals surface area contributed by atoms with Gasteiger partial charge in [0.15, 0.2) is 0 Å². The average Bonchev–Trinajstić information content (AvgIpc) is 3.25. The van der Waals surface area contributed by atoms with E-state index >= 15 is 0 Å². The van der Waals surface area contributed by atoms with Gasteiger partial charge in [-0.1, -0.05) is 17.7 Å². The normalized spacial score (nSPS) is 20.8. The predicted molar refractivity (Wildman–Crippen MR) is 129 cm³/mol. The number of aromatic amines is 1. The summed E-state index contributed by atoms with van der Waals surface area (Å²) in [4.78, 5) is 14.2. The Morgan fingerprint density at radius 1 is 1.25 bits per heavy atom. The topological polar surface area (TPSA) is 74.2 Å². The van der Waals surface area contributed by atoms with Crippen molar-refractivity contribution < 1.29 is 8.60 Å². The van der Waals surface area contributed by atoms with Gasteiger partial charge in [0.1, 0.15) is 23.6 Å². The molecule has 1 aliphatic carbocycles. The van der Waals surface area contributed by atoms with E-state index in [0.717, 1.165) is 48.1 Å². The number of anilines is 1. The number of halogens is 2. The molecular weight excluding hydrogens is 449 g/mol. The van der Waals surface area contributed by atoms with Crippen molar-refractivity contribution in [3.63, 3.8) is 0 Å². The van der Waals surface area contributed by atoms with Crippen molar-refractivity contribution in [2.45, 2.75) is 44.4 Å². The number of aromatic nitrogens is 3. The summed E-state index contributed by atoms with van der Waals surface area (Å²) < 4.78 is 31.6. The van der Waals surface area contributed by atoms with Crippen molar-refractivity contribution in [3.8, 4) is 0 Å². The van der Waals surface area contributed by atoms with Crippen molar-refractivity contribution in [2.24, 2.45) is 10.3 Å². The fourth-order valence-electron chi connectivity index (χ4n) is 4.66. The highest BCUT2D eigenvalue weighted by Crippen LogP contribution is 2.33. The second-order valence-corrected chi connectivity index (χ2v) is 11.3. The molecule has 4 rings (SSSR count). The highest BCUT2D eigenvalue weighted by atomic mass is 35.5. The summed E-state index contributed by atoms with van der Waals surface area (Å²) in [5.74, 6) is 1.72. The van der Waals surface area contributed by atoms with Gasteiger partial charge in [-0.15, -0.1) is 0 Å². The number of nitrogens with zero attached hydrogens (tertiary/aromatic N) is 4. The number of H-pyrrole nitrogens is 1. The van der Waals surface area contributed by atoms with Crippen LogP contribution in [0.5, 0.6) is 0 Å². The molecule has 172 valence electrons. The van der Waals surface area contributed by atoms with Crippen LogP contribution in [-0.2, 0) is 15.5 Å². The molecule has 1 N–H and O–H groups in total. The van der Waals surface area contributed by atoms with E-state index in [-0.39, 0.29) is 5.02 Å². The van der Waals surface area contributed by atoms with E-state index in [1.54, 1.807) is 18.5 Å². The van der Waals surface area contributed by atoms with E-state index in [2.05, 4.69) is 31.3 Å². The molecular formula is C23H29ClFN5OS. The Balaban J connectivity index is 1.41. The van der Waals surface area contributed by atoms with Gasteiger partial charge in [0.25, 0.3) is 0 Å². The van der Waals surface area contributed by atoms with Crippen LogP contribution in [0.4, 0.5) is 10.2 Å². The Bertz CT molecular complexity index is 1200. The zero-order chi connectivity index (χ0) is 22.7. The van der Waals surface area contributed by atoms with Crippen LogP contribution in [0.3, 0.4) is 0 Å². The van der Waals surface area contributed by atoms with E-state index in [9.17, 15) is 8.60 Å². The van der Waals surface area contributed by atoms with Crippen molar-refractivity contribution in [2.75, 3.05) is 24.2 Å². The maximum Gasteiger partial charge on any atom is 0.142 e. The van der Waals surface area contributed by atoms with Gasteiger partial charge < -0.3 is 9.88 Å². The highest BCUT2D eigenvalue weighted by Gasteiger charge is 2.28. The summed E-state index contributed by atoms with van der Waals surface area (Å²) in [7, 11) is -0.336. The van der Waals surface area contributed by atoms with E-state index in [1.165, 1.54) is 6.07 Å². The summed E-state index contributed by atoms with van der Waals surface area (Å²) in [6.07, 6.45) is 7.50. The molecule has 1 aliphatic rings. The summed E-state index contributed by atoms with van der Waals surface area (Å²) >= 11 is 5.92. The van der Waals surface area contributed by atoms with Gasteiger partial charge in [-0.2, -0.15) is 0 Å². The van der Waals surface area contributed by atoms with Crippen LogP contribution in [0.15, 0.2) is 41.2 Å². The lowest BCUT2D eigenvalue weighted by Crippen LogP contribution is -2.37. The Hall–Kier alpha value is -2.19. The molecule has 1 fully saturated rings. The fraction of sp³-hybridized carbons (Fsp3) is 0.478. The smallest absolute Gasteiger partial charge is 0.142 e. The molecule has 2 heterocycles. The molecule has 1 saturated carbocycles. The first-order chi connectivity index (χ1) is 15.4. The zero-order valence-electron chi connectivity index (χ0n) is 18.4. The van der Waals surface area contributed by atoms with E-state index in [0.29, 0.717) is 30.0 Å². The standard InChI is InChI=1S/C23H29ClFN5OS/c1-3-29-32(31,14-17-6-9-21(25)20(24)12-17)13-16-4-7-18(8-5-16)30(2)23-19-10-11-26-22(19)27-15-28-23/h6,9-12,15-16,18H,3-5,7-8,13-14H2,1-2H3,(H,26,27,28). The highest BCUT2D eigenvalue weighted by molar-refractivity contribution is 7.92. The van der Waals surface area contributed by atoms with Crippen LogP contribution in [-0.4, -0.2) is 44.5 Å². The predicted octanol–water partition coefficient (Wildman–Crippen LogP) is 5.43. The molecule has 32 heavy (non-hydrogen) atoms. The molecule has 6 nitrogen and oxygen atoms in total. The molecule has 9 heteroatoms. The largest absolute Gasteiger partial charge is 0.356 e. The Morgan fingerprint density at radius 3 is 2.75 bits per heavy atom. The average molecular weight is 478 g/mol. The summed E-state index contributed by atoms with van der Waals surface area (Å²) in [6, 6.07) is 6.95. The number of benzene rings is 1. The maximum absolute atomic E-state index is 13.6. The van der Waals surface area contributed by atoms with Gasteiger partial charge >= 0.3 is 0 Å². The molecule has 0 spiro atoms. The molecule has 0 saturated heterocycles. The van der Waals surface area contributed by atoms with Crippen LogP contribution in [0.2, 0.25) is 5.02 Å². The van der Waals surface area contributed by atoms with Gasteiger partial charge in [0.05, 0.1) is 25.9 Å². The summed E-state index contributed by atoms with van der Waals surface area (Å²) in [5, 5.41) is 1.09. The lowest BCUT2D eigenvalue weighted by molar-refractivity contribution is 0.342. The van der Waals surface area contributed by atoms with Crippen LogP contribution in [0.1, 0.15) is 38.2 Å². The number of hydrogen-bond acceptors (Lipinski definition) is 5. The Labute approximate surface area is 193 Å². The molecule has 0 amide bonds. The molecule has 3 aromatic rings. The fourth-order valence-corrected chi connectivity index (χ4v) is 7.42. The first kappa shape index (κ1) is 23.0. The van der Waals surface area contributed by atoms with Crippen molar-refractivity contribution in [1.29, 1.82) is 0 Å². The van der Waals surface area contributed by atoms with Gasteiger partial charge in [-0.25, -0.2) is 22.9 Å². The minimum atomic E-state index is -2.43. The molecule has 1 atom stereocenters. The van der Waals surface area contributed by atoms with Crippen LogP contribution >= 0.6 is 11.6 Å². The lowest BCUT2D eigenvalue weighted by Gasteiger charge is -2.35. The number of hydrogen-bond donors (Lipinski definition) is 1. The third kappa shape index (κ3) is 5.07. The van der Waals surface area contributed by atoms with E-state index in [4.69, 9.17) is 11.6 Å². The number of nitrogens with one attached hydrogen (secondary N) is 1. The zero-order valence-corrected chi connectivity index (χ0v) is 20.0. The molecule has 1 aromatic carbocycles. The van der Waals surface area contributed by atoms with Crippen molar-refractivity contribution in [3.05, 3.63) is 53.2 Å². The quantitative estimate of drug-likeness (QED) is 0.492. The maximum atomic E-state index is 13.6. The van der Waals surface area contributed by atoms with E-state index in [1.807, 2.05) is 19.2 Å². The molecule has 1 unspecified atom stereocenters. The molecule has 0 bridgehead atoms. The number of fused-ring (bicyclic) bond motifs is 1. The summed E-state index contributed by atoms with van der Waals surface area (Å²) in [5.41, 5.74) is 1.61. The Morgan fingerprint density at radius 2 is 2.03 bits per heavy atom. The minimum Gasteiger partial charge on any atom is -0.356 e. The van der Waals surface area contributed by atoms with Crippen LogP contribution < -0.4 is 4.90 Å². The van der Waals surface area contributed by atoms with Gasteiger partial charge in [-0.3, -0.25) is 0 Å². The number of rotatable bonds is 7. The third-order valence-electron chi connectivity index (χ3n) is 6.27. The van der Waals surface area contributed by atoms with Crippen molar-refractivity contribution >= 4 is 38.2 Å². The van der Waals surface area contributed by atoms with Gasteiger partial charge in [-0.05, 0) is 62.3 Å². The third-order valence-corrected chi connectivity index (χ3v) is 9.06. The molecule has 0 aliphatic heterocycles. The second-order valence-electron chi connectivity index (χ2n) is 8.50. The molecule has 0 radical (unpaired) electrons. The molecule has 2 aromatic heterocycles. The first-order valence-corrected chi connectivity index (χ1v) is 13.2. The lowest BCUT2D eigenvalue weighted by atomic mass is 9.86. The second kappa shape index (κ2) is 9.75. The van der Waals surface area contributed by atoms with Crippen LogP contribution in [0, 0.1) is 11.7 Å².